The van der Waals surface area contributed by atoms with Crippen LogP contribution in [-0.4, -0.2) is 29.8 Å². The third-order valence-electron chi connectivity index (χ3n) is 4.51. The van der Waals surface area contributed by atoms with Crippen LogP contribution in [0.4, 0.5) is 0 Å². The van der Waals surface area contributed by atoms with Gasteiger partial charge in [0, 0.05) is 19.6 Å². The van der Waals surface area contributed by atoms with E-state index in [-0.39, 0.29) is 5.60 Å². The molecule has 0 amide bonds. The van der Waals surface area contributed by atoms with E-state index in [2.05, 4.69) is 15.5 Å². The van der Waals surface area contributed by atoms with E-state index in [4.69, 9.17) is 9.26 Å². The summed E-state index contributed by atoms with van der Waals surface area (Å²) in [6, 6.07) is 0.498. The Balaban J connectivity index is 1.71. The van der Waals surface area contributed by atoms with E-state index in [1.54, 1.807) is 7.11 Å². The van der Waals surface area contributed by atoms with Gasteiger partial charge in [0.15, 0.2) is 0 Å². The molecule has 1 aromatic heterocycles. The molecule has 3 rings (SSSR count). The number of ether oxygens (including phenoxy) is 1. The number of nitrogens with zero attached hydrogens (tertiary/aromatic N) is 2. The first-order valence-corrected chi connectivity index (χ1v) is 7.44. The molecule has 1 saturated heterocycles. The van der Waals surface area contributed by atoms with Crippen molar-refractivity contribution in [2.75, 3.05) is 13.7 Å². The average Bonchev–Trinajstić information content (AvgIpc) is 3.12. The minimum Gasteiger partial charge on any atom is -0.370 e. The molecule has 0 bridgehead atoms. The molecule has 1 unspecified atom stereocenters. The van der Waals surface area contributed by atoms with E-state index in [1.807, 2.05) is 0 Å². The summed E-state index contributed by atoms with van der Waals surface area (Å²) in [5.41, 5.74) is -0.302. The summed E-state index contributed by atoms with van der Waals surface area (Å²) in [5.74, 6) is 1.50. The van der Waals surface area contributed by atoms with E-state index in [1.165, 1.54) is 32.1 Å². The zero-order chi connectivity index (χ0) is 13.1. The van der Waals surface area contributed by atoms with Crippen molar-refractivity contribution in [2.24, 2.45) is 0 Å². The molecular weight excluding hydrogens is 242 g/mol. The highest BCUT2D eigenvalue weighted by atomic mass is 16.5. The van der Waals surface area contributed by atoms with Crippen molar-refractivity contribution in [2.45, 2.75) is 63.0 Å². The summed E-state index contributed by atoms with van der Waals surface area (Å²) in [7, 11) is 1.76. The molecule has 0 spiro atoms. The van der Waals surface area contributed by atoms with Crippen LogP contribution in [0.3, 0.4) is 0 Å². The quantitative estimate of drug-likeness (QED) is 0.904. The number of rotatable bonds is 4. The Hall–Kier alpha value is -0.940. The van der Waals surface area contributed by atoms with E-state index in [0.29, 0.717) is 6.04 Å². The monoisotopic (exact) mass is 265 g/mol. The van der Waals surface area contributed by atoms with Crippen molar-refractivity contribution in [1.29, 1.82) is 0 Å². The first kappa shape index (κ1) is 13.1. The second kappa shape index (κ2) is 5.59. The Morgan fingerprint density at radius 2 is 2.16 bits per heavy atom. The number of hydrogen-bond donors (Lipinski definition) is 1. The molecule has 2 heterocycles. The molecule has 106 valence electrons. The summed E-state index contributed by atoms with van der Waals surface area (Å²) in [4.78, 5) is 4.60. The highest BCUT2D eigenvalue weighted by Crippen LogP contribution is 2.38. The smallest absolute Gasteiger partial charge is 0.228 e. The largest absolute Gasteiger partial charge is 0.370 e. The van der Waals surface area contributed by atoms with Crippen LogP contribution < -0.4 is 5.32 Å². The van der Waals surface area contributed by atoms with Crippen molar-refractivity contribution < 1.29 is 9.26 Å². The van der Waals surface area contributed by atoms with Gasteiger partial charge in [0.2, 0.25) is 11.7 Å². The van der Waals surface area contributed by atoms with Gasteiger partial charge < -0.3 is 14.6 Å². The summed E-state index contributed by atoms with van der Waals surface area (Å²) in [6.07, 6.45) is 8.94. The number of aromatic nitrogens is 2. The highest BCUT2D eigenvalue weighted by molar-refractivity contribution is 5.04. The number of nitrogens with one attached hydrogen (secondary N) is 1. The Labute approximate surface area is 114 Å². The van der Waals surface area contributed by atoms with Crippen LogP contribution in [0.15, 0.2) is 4.52 Å². The maximum atomic E-state index is 5.75. The zero-order valence-corrected chi connectivity index (χ0v) is 11.7. The SMILES string of the molecule is COC1(c2noc(CC3CCCN3)n2)CCCCC1. The second-order valence-electron chi connectivity index (χ2n) is 5.77. The first-order valence-electron chi connectivity index (χ1n) is 7.44. The first-order chi connectivity index (χ1) is 9.32. The lowest BCUT2D eigenvalue weighted by Crippen LogP contribution is -2.32. The van der Waals surface area contributed by atoms with Gasteiger partial charge in [-0.3, -0.25) is 0 Å². The van der Waals surface area contributed by atoms with Crippen LogP contribution in [0.5, 0.6) is 0 Å². The molecule has 5 nitrogen and oxygen atoms in total. The van der Waals surface area contributed by atoms with E-state index >= 15 is 0 Å². The maximum Gasteiger partial charge on any atom is 0.228 e. The second-order valence-corrected chi connectivity index (χ2v) is 5.77. The van der Waals surface area contributed by atoms with Gasteiger partial charge in [0.1, 0.15) is 5.60 Å². The third kappa shape index (κ3) is 2.67. The molecule has 2 aliphatic rings. The van der Waals surface area contributed by atoms with Gasteiger partial charge in [0.25, 0.3) is 0 Å². The fourth-order valence-electron chi connectivity index (χ4n) is 3.31. The predicted octanol–water partition coefficient (Wildman–Crippen LogP) is 2.17. The van der Waals surface area contributed by atoms with Crippen molar-refractivity contribution in [3.05, 3.63) is 11.7 Å². The number of methoxy groups -OCH3 is 1. The Morgan fingerprint density at radius 3 is 2.84 bits per heavy atom. The molecule has 0 radical (unpaired) electrons. The molecule has 1 aliphatic carbocycles. The molecule has 1 aromatic rings. The summed E-state index contributed by atoms with van der Waals surface area (Å²) in [5, 5.41) is 7.64. The lowest BCUT2D eigenvalue weighted by molar-refractivity contribution is -0.0527. The maximum absolute atomic E-state index is 5.75. The van der Waals surface area contributed by atoms with Crippen LogP contribution in [0, 0.1) is 0 Å². The van der Waals surface area contributed by atoms with Crippen LogP contribution in [0.2, 0.25) is 0 Å². The Bertz CT molecular complexity index is 407. The van der Waals surface area contributed by atoms with Gasteiger partial charge >= 0.3 is 0 Å². The topological polar surface area (TPSA) is 60.2 Å². The third-order valence-corrected chi connectivity index (χ3v) is 4.51. The molecule has 1 saturated carbocycles. The standard InChI is InChI=1S/C14H23N3O2/c1-18-14(7-3-2-4-8-14)13-16-12(19-17-13)10-11-6-5-9-15-11/h11,15H,2-10H2,1H3. The summed E-state index contributed by atoms with van der Waals surface area (Å²) >= 11 is 0. The van der Waals surface area contributed by atoms with Crippen LogP contribution in [0.1, 0.15) is 56.7 Å². The van der Waals surface area contributed by atoms with Gasteiger partial charge in [-0.05, 0) is 32.2 Å². The van der Waals surface area contributed by atoms with Crippen molar-refractivity contribution in [3.8, 4) is 0 Å². The molecule has 5 heteroatoms. The van der Waals surface area contributed by atoms with Gasteiger partial charge in [-0.1, -0.05) is 24.4 Å². The fraction of sp³-hybridized carbons (Fsp3) is 0.857. The van der Waals surface area contributed by atoms with E-state index in [9.17, 15) is 0 Å². The molecule has 1 N–H and O–H groups in total. The lowest BCUT2D eigenvalue weighted by Gasteiger charge is -2.32. The van der Waals surface area contributed by atoms with E-state index < -0.39 is 0 Å². The van der Waals surface area contributed by atoms with Crippen LogP contribution in [0.25, 0.3) is 0 Å². The molecule has 1 aliphatic heterocycles. The van der Waals surface area contributed by atoms with Gasteiger partial charge in [-0.15, -0.1) is 0 Å². The minimum absolute atomic E-state index is 0.302. The molecule has 1 atom stereocenters. The fourth-order valence-corrected chi connectivity index (χ4v) is 3.31. The van der Waals surface area contributed by atoms with Gasteiger partial charge in [0.05, 0.1) is 0 Å². The molecule has 19 heavy (non-hydrogen) atoms. The van der Waals surface area contributed by atoms with Gasteiger partial charge in [-0.25, -0.2) is 0 Å². The molecule has 0 aromatic carbocycles. The Morgan fingerprint density at radius 1 is 1.32 bits per heavy atom. The predicted molar refractivity (Wildman–Crippen MR) is 70.8 cm³/mol. The summed E-state index contributed by atoms with van der Waals surface area (Å²) < 4.78 is 11.2. The van der Waals surface area contributed by atoms with Gasteiger partial charge in [-0.2, -0.15) is 4.98 Å². The lowest BCUT2D eigenvalue weighted by atomic mass is 9.84. The molecular formula is C14H23N3O2. The number of hydrogen-bond acceptors (Lipinski definition) is 5. The Kier molecular flexibility index (Phi) is 3.84. The van der Waals surface area contributed by atoms with Crippen LogP contribution >= 0.6 is 0 Å². The van der Waals surface area contributed by atoms with Crippen molar-refractivity contribution in [1.82, 2.24) is 15.5 Å². The average molecular weight is 265 g/mol. The minimum atomic E-state index is -0.302. The zero-order valence-electron chi connectivity index (χ0n) is 11.7. The summed E-state index contributed by atoms with van der Waals surface area (Å²) in [6.45, 7) is 1.10. The van der Waals surface area contributed by atoms with E-state index in [0.717, 1.165) is 37.5 Å². The van der Waals surface area contributed by atoms with Crippen molar-refractivity contribution >= 4 is 0 Å². The highest BCUT2D eigenvalue weighted by Gasteiger charge is 2.38. The van der Waals surface area contributed by atoms with Crippen LogP contribution in [-0.2, 0) is 16.8 Å². The normalized spacial score (nSPS) is 26.7. The molecule has 2 fully saturated rings. The van der Waals surface area contributed by atoms with Crippen molar-refractivity contribution in [3.63, 3.8) is 0 Å².